The average molecular weight is 463 g/mol. The predicted octanol–water partition coefficient (Wildman–Crippen LogP) is 5.07. The maximum atomic E-state index is 13.2. The van der Waals surface area contributed by atoms with Gasteiger partial charge in [0.2, 0.25) is 6.79 Å². The van der Waals surface area contributed by atoms with Crippen molar-refractivity contribution < 1.29 is 14.3 Å². The minimum atomic E-state index is 0.133. The normalized spacial score (nSPS) is 17.1. The number of hydrogen-bond acceptors (Lipinski definition) is 5. The van der Waals surface area contributed by atoms with Gasteiger partial charge in [0.25, 0.3) is 5.91 Å². The summed E-state index contributed by atoms with van der Waals surface area (Å²) in [6, 6.07) is 20.9. The van der Waals surface area contributed by atoms with Crippen LogP contribution in [0, 0.1) is 5.92 Å². The van der Waals surface area contributed by atoms with Crippen LogP contribution in [0.15, 0.2) is 66.0 Å². The monoisotopic (exact) mass is 462 g/mol. The Kier molecular flexibility index (Phi) is 6.65. The van der Waals surface area contributed by atoms with E-state index in [1.54, 1.807) is 0 Å². The van der Waals surface area contributed by atoms with Crippen LogP contribution in [0.4, 0.5) is 0 Å². The van der Waals surface area contributed by atoms with Gasteiger partial charge in [-0.25, -0.2) is 0 Å². The number of rotatable bonds is 7. The zero-order chi connectivity index (χ0) is 22.6. The van der Waals surface area contributed by atoms with Crippen LogP contribution in [0.25, 0.3) is 0 Å². The molecule has 0 spiro atoms. The van der Waals surface area contributed by atoms with E-state index >= 15 is 0 Å². The van der Waals surface area contributed by atoms with Crippen LogP contribution >= 0.6 is 11.3 Å². The Labute approximate surface area is 199 Å². The zero-order valence-corrected chi connectivity index (χ0v) is 19.8. The van der Waals surface area contributed by atoms with E-state index in [4.69, 9.17) is 9.47 Å². The van der Waals surface area contributed by atoms with E-state index in [0.29, 0.717) is 12.7 Å². The number of amides is 1. The molecule has 5 rings (SSSR count). The second kappa shape index (κ2) is 9.98. The molecule has 0 bridgehead atoms. The van der Waals surface area contributed by atoms with Crippen molar-refractivity contribution >= 4 is 17.2 Å². The summed E-state index contributed by atoms with van der Waals surface area (Å²) in [6.07, 6.45) is 3.06. The summed E-state index contributed by atoms with van der Waals surface area (Å²) >= 11 is 1.52. The predicted molar refractivity (Wildman–Crippen MR) is 131 cm³/mol. The molecule has 0 N–H and O–H groups in total. The lowest BCUT2D eigenvalue weighted by molar-refractivity contribution is 0.0589. The first kappa shape index (κ1) is 22.0. The molecule has 1 unspecified atom stereocenters. The molecule has 0 radical (unpaired) electrons. The first-order chi connectivity index (χ1) is 16.2. The summed E-state index contributed by atoms with van der Waals surface area (Å²) in [6.45, 7) is 3.29. The molecule has 3 aromatic rings. The number of ether oxygens (including phenoxy) is 2. The molecular weight excluding hydrogens is 432 g/mol. The molecule has 3 heterocycles. The van der Waals surface area contributed by atoms with Crippen LogP contribution < -0.4 is 9.47 Å². The Morgan fingerprint density at radius 2 is 1.82 bits per heavy atom. The van der Waals surface area contributed by atoms with E-state index in [-0.39, 0.29) is 11.9 Å². The van der Waals surface area contributed by atoms with Gasteiger partial charge in [-0.1, -0.05) is 42.5 Å². The van der Waals surface area contributed by atoms with E-state index in [1.807, 2.05) is 41.6 Å². The van der Waals surface area contributed by atoms with E-state index in [0.717, 1.165) is 55.3 Å². The number of carbonyl (C=O) groups excluding carboxylic acids is 1. The molecule has 172 valence electrons. The van der Waals surface area contributed by atoms with Crippen LogP contribution in [0.2, 0.25) is 0 Å². The third kappa shape index (κ3) is 5.07. The number of hydrogen-bond donors (Lipinski definition) is 0. The molecule has 2 aliphatic rings. The minimum absolute atomic E-state index is 0.133. The van der Waals surface area contributed by atoms with Gasteiger partial charge in [0.1, 0.15) is 0 Å². The second-order valence-corrected chi connectivity index (χ2v) is 9.90. The van der Waals surface area contributed by atoms with Gasteiger partial charge in [-0.2, -0.15) is 0 Å². The van der Waals surface area contributed by atoms with Crippen LogP contribution in [-0.2, 0) is 13.0 Å². The summed E-state index contributed by atoms with van der Waals surface area (Å²) < 4.78 is 11.0. The topological polar surface area (TPSA) is 42.0 Å². The van der Waals surface area contributed by atoms with Gasteiger partial charge in [-0.05, 0) is 73.0 Å². The maximum absolute atomic E-state index is 13.2. The van der Waals surface area contributed by atoms with Crippen molar-refractivity contribution in [2.24, 2.45) is 5.92 Å². The van der Waals surface area contributed by atoms with Crippen LogP contribution in [0.1, 0.15) is 33.6 Å². The van der Waals surface area contributed by atoms with Crippen LogP contribution in [-0.4, -0.2) is 48.7 Å². The number of benzene rings is 2. The van der Waals surface area contributed by atoms with Crippen molar-refractivity contribution in [1.82, 2.24) is 9.80 Å². The molecule has 0 saturated carbocycles. The van der Waals surface area contributed by atoms with Crippen LogP contribution in [0.5, 0.6) is 11.5 Å². The largest absolute Gasteiger partial charge is 0.454 e. The molecule has 2 aliphatic heterocycles. The Morgan fingerprint density at radius 1 is 1.03 bits per heavy atom. The summed E-state index contributed by atoms with van der Waals surface area (Å²) in [4.78, 5) is 18.5. The van der Waals surface area contributed by atoms with E-state index in [1.165, 1.54) is 22.5 Å². The van der Waals surface area contributed by atoms with Gasteiger partial charge >= 0.3 is 0 Å². The SMILES string of the molecule is CN(C(=O)c1cccs1)C(Cc1ccccc1)C1CCN(Cc2ccc3c(c2)OCO3)CC1. The lowest BCUT2D eigenvalue weighted by atomic mass is 9.84. The zero-order valence-electron chi connectivity index (χ0n) is 19.0. The van der Waals surface area contributed by atoms with Crippen molar-refractivity contribution in [3.63, 3.8) is 0 Å². The van der Waals surface area contributed by atoms with Crippen molar-refractivity contribution in [2.45, 2.75) is 31.8 Å². The fourth-order valence-electron chi connectivity index (χ4n) is 4.99. The van der Waals surface area contributed by atoms with E-state index in [2.05, 4.69) is 41.3 Å². The number of carbonyl (C=O) groups is 1. The van der Waals surface area contributed by atoms with Gasteiger partial charge in [0, 0.05) is 19.6 Å². The fourth-order valence-corrected chi connectivity index (χ4v) is 5.70. The molecule has 1 fully saturated rings. The summed E-state index contributed by atoms with van der Waals surface area (Å²) in [5.74, 6) is 2.29. The molecule has 1 saturated heterocycles. The highest BCUT2D eigenvalue weighted by atomic mass is 32.1. The second-order valence-electron chi connectivity index (χ2n) is 8.95. The van der Waals surface area contributed by atoms with Crippen molar-refractivity contribution in [1.29, 1.82) is 0 Å². The third-order valence-electron chi connectivity index (χ3n) is 6.86. The highest BCUT2D eigenvalue weighted by Crippen LogP contribution is 2.34. The summed E-state index contributed by atoms with van der Waals surface area (Å²) in [7, 11) is 1.98. The molecule has 2 aromatic carbocycles. The van der Waals surface area contributed by atoms with Gasteiger partial charge in [0.05, 0.1) is 4.88 Å². The summed E-state index contributed by atoms with van der Waals surface area (Å²) in [5, 5.41) is 1.97. The Hall–Kier alpha value is -2.83. The number of nitrogens with zero attached hydrogens (tertiary/aromatic N) is 2. The lowest BCUT2D eigenvalue weighted by Crippen LogP contribution is -2.47. The molecule has 1 aromatic heterocycles. The molecule has 1 atom stereocenters. The maximum Gasteiger partial charge on any atom is 0.263 e. The van der Waals surface area contributed by atoms with Gasteiger partial charge < -0.3 is 14.4 Å². The molecule has 6 heteroatoms. The molecule has 0 aliphatic carbocycles. The van der Waals surface area contributed by atoms with Crippen molar-refractivity contribution in [3.8, 4) is 11.5 Å². The highest BCUT2D eigenvalue weighted by molar-refractivity contribution is 7.12. The lowest BCUT2D eigenvalue weighted by Gasteiger charge is -2.40. The standard InChI is InChI=1S/C27H30N2O3S/c1-28(27(30)26-8-5-15-33-26)23(16-20-6-3-2-4-7-20)22-11-13-29(14-12-22)18-21-9-10-24-25(17-21)32-19-31-24/h2-10,15,17,22-23H,11-14,16,18-19H2,1H3. The van der Waals surface area contributed by atoms with Crippen molar-refractivity contribution in [3.05, 3.63) is 82.0 Å². The Balaban J connectivity index is 1.25. The highest BCUT2D eigenvalue weighted by Gasteiger charge is 2.32. The van der Waals surface area contributed by atoms with E-state index in [9.17, 15) is 4.79 Å². The number of likely N-dealkylation sites (N-methyl/N-ethyl adjacent to an activating group) is 1. The quantitative estimate of drug-likeness (QED) is 0.492. The van der Waals surface area contributed by atoms with Gasteiger partial charge in [0.15, 0.2) is 11.5 Å². The molecule has 5 nitrogen and oxygen atoms in total. The smallest absolute Gasteiger partial charge is 0.263 e. The number of likely N-dealkylation sites (tertiary alicyclic amines) is 1. The Morgan fingerprint density at radius 3 is 2.58 bits per heavy atom. The number of thiophene rings is 1. The number of piperidine rings is 1. The van der Waals surface area contributed by atoms with E-state index < -0.39 is 0 Å². The first-order valence-corrected chi connectivity index (χ1v) is 12.5. The first-order valence-electron chi connectivity index (χ1n) is 11.6. The molecular formula is C27H30N2O3S. The van der Waals surface area contributed by atoms with Gasteiger partial charge in [-0.3, -0.25) is 9.69 Å². The Bertz CT molecular complexity index is 1060. The van der Waals surface area contributed by atoms with Crippen molar-refractivity contribution in [2.75, 3.05) is 26.9 Å². The van der Waals surface area contributed by atoms with Gasteiger partial charge in [-0.15, -0.1) is 11.3 Å². The third-order valence-corrected chi connectivity index (χ3v) is 7.71. The summed E-state index contributed by atoms with van der Waals surface area (Å²) in [5.41, 5.74) is 2.54. The molecule has 33 heavy (non-hydrogen) atoms. The fraction of sp³-hybridized carbons (Fsp3) is 0.370. The average Bonchev–Trinajstić information content (AvgIpc) is 3.55. The van der Waals surface area contributed by atoms with Crippen LogP contribution in [0.3, 0.4) is 0 Å². The molecule has 1 amide bonds. The number of fused-ring (bicyclic) bond motifs is 1. The minimum Gasteiger partial charge on any atom is -0.454 e.